The predicted octanol–water partition coefficient (Wildman–Crippen LogP) is 0.772. The lowest BCUT2D eigenvalue weighted by atomic mass is 10.1. The predicted molar refractivity (Wildman–Crippen MR) is 69.4 cm³/mol. The Kier molecular flexibility index (Phi) is 2.43. The third-order valence-electron chi connectivity index (χ3n) is 4.26. The summed E-state index contributed by atoms with van der Waals surface area (Å²) in [6, 6.07) is -0.199. The molecule has 0 saturated carbocycles. The lowest BCUT2D eigenvalue weighted by Gasteiger charge is -2.44. The van der Waals surface area contributed by atoms with Gasteiger partial charge in [-0.3, -0.25) is 9.47 Å². The molecule has 0 radical (unpaired) electrons. The first kappa shape index (κ1) is 12.5. The van der Waals surface area contributed by atoms with E-state index in [1.165, 1.54) is 7.11 Å². The van der Waals surface area contributed by atoms with Gasteiger partial charge in [0.2, 0.25) is 0 Å². The van der Waals surface area contributed by atoms with Gasteiger partial charge in [0.15, 0.2) is 0 Å². The minimum atomic E-state index is -0.983. The van der Waals surface area contributed by atoms with E-state index < -0.39 is 5.91 Å². The van der Waals surface area contributed by atoms with Crippen molar-refractivity contribution < 1.29 is 19.0 Å². The van der Waals surface area contributed by atoms with E-state index in [4.69, 9.17) is 14.2 Å². The Labute approximate surface area is 120 Å². The Balaban J connectivity index is 1.86. The standard InChI is InChI=1S/C12H15N3O4S/c1-6-13-4-8-15(6)12(18-3)10-9(20-8)7(19-12)5-14(10)11(16)17-2/h4,7,9-10H,5H2,1-3H3. The summed E-state index contributed by atoms with van der Waals surface area (Å²) >= 11 is 1.69. The first-order valence-corrected chi connectivity index (χ1v) is 7.29. The number of thioether (sulfide) groups is 1. The van der Waals surface area contributed by atoms with E-state index in [1.54, 1.807) is 23.8 Å². The second-order valence-corrected chi connectivity index (χ2v) is 6.32. The second kappa shape index (κ2) is 3.90. The van der Waals surface area contributed by atoms with Crippen molar-refractivity contribution in [3.8, 4) is 0 Å². The van der Waals surface area contributed by atoms with Crippen LogP contribution in [-0.2, 0) is 20.1 Å². The molecule has 1 aromatic heterocycles. The van der Waals surface area contributed by atoms with Crippen LogP contribution in [0, 0.1) is 6.92 Å². The van der Waals surface area contributed by atoms with Gasteiger partial charge in [0, 0.05) is 7.11 Å². The van der Waals surface area contributed by atoms with Crippen LogP contribution in [0.3, 0.4) is 0 Å². The summed E-state index contributed by atoms with van der Waals surface area (Å²) in [6.07, 6.45) is 1.44. The largest absolute Gasteiger partial charge is 0.453 e. The Morgan fingerprint density at radius 3 is 3.10 bits per heavy atom. The Morgan fingerprint density at radius 1 is 1.60 bits per heavy atom. The molecular weight excluding hydrogens is 282 g/mol. The summed E-state index contributed by atoms with van der Waals surface area (Å²) in [5.74, 6) is -0.173. The molecule has 0 aromatic carbocycles. The molecule has 4 unspecified atom stereocenters. The van der Waals surface area contributed by atoms with Crippen molar-refractivity contribution in [1.82, 2.24) is 14.5 Å². The summed E-state index contributed by atoms with van der Waals surface area (Å²) in [5.41, 5.74) is 0. The summed E-state index contributed by atoms with van der Waals surface area (Å²) < 4.78 is 18.7. The molecule has 3 aliphatic heterocycles. The first-order chi connectivity index (χ1) is 9.62. The van der Waals surface area contributed by atoms with Crippen molar-refractivity contribution in [3.05, 3.63) is 12.0 Å². The number of fused-ring (bicyclic) bond motifs is 2. The summed E-state index contributed by atoms with van der Waals surface area (Å²) in [6.45, 7) is 2.44. The minimum absolute atomic E-state index is 0.0525. The van der Waals surface area contributed by atoms with Gasteiger partial charge in [-0.25, -0.2) is 9.78 Å². The molecule has 4 atom stereocenters. The van der Waals surface area contributed by atoms with Crippen LogP contribution in [0.5, 0.6) is 0 Å². The average molecular weight is 297 g/mol. The molecule has 2 fully saturated rings. The number of hydrogen-bond donors (Lipinski definition) is 0. The number of methoxy groups -OCH3 is 2. The molecule has 0 spiro atoms. The number of aromatic nitrogens is 2. The molecule has 1 aromatic rings. The normalized spacial score (nSPS) is 37.1. The van der Waals surface area contributed by atoms with Gasteiger partial charge in [0.25, 0.3) is 5.91 Å². The number of aryl methyl sites for hydroxylation is 1. The SMILES string of the molecule is COC(=O)N1CC2OC3(OC)C1C2Sc1cnc(C)n13. The Bertz CT molecular complexity index is 591. The van der Waals surface area contributed by atoms with Crippen molar-refractivity contribution in [2.45, 2.75) is 35.3 Å². The van der Waals surface area contributed by atoms with Crippen molar-refractivity contribution in [2.24, 2.45) is 0 Å². The molecule has 4 rings (SSSR count). The number of carbonyl (C=O) groups is 1. The molecule has 4 bridgehead atoms. The van der Waals surface area contributed by atoms with E-state index in [0.29, 0.717) is 6.54 Å². The number of nitrogens with zero attached hydrogens (tertiary/aromatic N) is 3. The molecule has 2 saturated heterocycles. The number of rotatable bonds is 1. The summed E-state index contributed by atoms with van der Waals surface area (Å²) in [7, 11) is 3.00. The minimum Gasteiger partial charge on any atom is -0.453 e. The van der Waals surface area contributed by atoms with Crippen molar-refractivity contribution in [2.75, 3.05) is 20.8 Å². The lowest BCUT2D eigenvalue weighted by molar-refractivity contribution is -0.311. The van der Waals surface area contributed by atoms with Crippen LogP contribution in [0.2, 0.25) is 0 Å². The van der Waals surface area contributed by atoms with Crippen LogP contribution in [0.25, 0.3) is 0 Å². The van der Waals surface area contributed by atoms with Crippen molar-refractivity contribution in [3.63, 3.8) is 0 Å². The molecule has 8 heteroatoms. The fraction of sp³-hybridized carbons (Fsp3) is 0.667. The number of imidazole rings is 1. The maximum atomic E-state index is 12.0. The van der Waals surface area contributed by atoms with Crippen molar-refractivity contribution >= 4 is 17.9 Å². The first-order valence-electron chi connectivity index (χ1n) is 6.41. The van der Waals surface area contributed by atoms with E-state index in [1.807, 2.05) is 17.7 Å². The van der Waals surface area contributed by atoms with Crippen LogP contribution in [-0.4, -0.2) is 58.7 Å². The number of morpholine rings is 1. The molecule has 4 heterocycles. The van der Waals surface area contributed by atoms with Crippen molar-refractivity contribution in [1.29, 1.82) is 0 Å². The molecule has 1 amide bonds. The number of carbonyl (C=O) groups excluding carboxylic acids is 1. The molecule has 0 aliphatic carbocycles. The van der Waals surface area contributed by atoms with Gasteiger partial charge in [-0.2, -0.15) is 0 Å². The van der Waals surface area contributed by atoms with Gasteiger partial charge >= 0.3 is 6.09 Å². The van der Waals surface area contributed by atoms with Gasteiger partial charge in [-0.1, -0.05) is 11.8 Å². The Hall–Kier alpha value is -1.25. The molecular formula is C12H15N3O4S. The van der Waals surface area contributed by atoms with E-state index in [-0.39, 0.29) is 23.5 Å². The highest BCUT2D eigenvalue weighted by molar-refractivity contribution is 8.00. The number of amides is 1. The summed E-state index contributed by atoms with van der Waals surface area (Å²) in [4.78, 5) is 18.0. The topological polar surface area (TPSA) is 65.8 Å². The lowest BCUT2D eigenvalue weighted by Crippen LogP contribution is -2.59. The van der Waals surface area contributed by atoms with Crippen LogP contribution in [0.1, 0.15) is 5.82 Å². The van der Waals surface area contributed by atoms with Crippen LogP contribution in [0.4, 0.5) is 4.79 Å². The highest BCUT2D eigenvalue weighted by Gasteiger charge is 2.69. The van der Waals surface area contributed by atoms with Gasteiger partial charge in [0.1, 0.15) is 11.9 Å². The summed E-state index contributed by atoms with van der Waals surface area (Å²) in [5, 5.41) is 1.16. The van der Waals surface area contributed by atoms with Gasteiger partial charge in [0.05, 0.1) is 36.2 Å². The smallest absolute Gasteiger partial charge is 0.410 e. The molecule has 3 aliphatic rings. The van der Waals surface area contributed by atoms with Gasteiger partial charge in [-0.05, 0) is 6.92 Å². The number of likely N-dealkylation sites (tertiary alicyclic amines) is 1. The second-order valence-electron chi connectivity index (χ2n) is 5.12. The van der Waals surface area contributed by atoms with Crippen LogP contribution < -0.4 is 0 Å². The molecule has 0 N–H and O–H groups in total. The highest BCUT2D eigenvalue weighted by Crippen LogP contribution is 2.56. The average Bonchev–Trinajstić information content (AvgIpc) is 3.08. The molecule has 108 valence electrons. The molecule has 7 nitrogen and oxygen atoms in total. The Morgan fingerprint density at radius 2 is 2.40 bits per heavy atom. The highest BCUT2D eigenvalue weighted by atomic mass is 32.2. The zero-order valence-corrected chi connectivity index (χ0v) is 12.2. The fourth-order valence-corrected chi connectivity index (χ4v) is 5.00. The van der Waals surface area contributed by atoms with E-state index in [0.717, 1.165) is 10.9 Å². The zero-order valence-electron chi connectivity index (χ0n) is 11.4. The van der Waals surface area contributed by atoms with Gasteiger partial charge < -0.3 is 14.2 Å². The number of ether oxygens (including phenoxy) is 3. The zero-order chi connectivity index (χ0) is 14.1. The maximum Gasteiger partial charge on any atom is 0.410 e. The monoisotopic (exact) mass is 297 g/mol. The fourth-order valence-electron chi connectivity index (χ4n) is 3.50. The van der Waals surface area contributed by atoms with E-state index >= 15 is 0 Å². The van der Waals surface area contributed by atoms with Crippen LogP contribution >= 0.6 is 11.8 Å². The van der Waals surface area contributed by atoms with Crippen LogP contribution in [0.15, 0.2) is 11.2 Å². The van der Waals surface area contributed by atoms with Gasteiger partial charge in [-0.15, -0.1) is 0 Å². The maximum absolute atomic E-state index is 12.0. The quantitative estimate of drug-likeness (QED) is 0.763. The van der Waals surface area contributed by atoms with E-state index in [2.05, 4.69) is 4.98 Å². The van der Waals surface area contributed by atoms with E-state index in [9.17, 15) is 4.79 Å². The molecule has 20 heavy (non-hydrogen) atoms. The third-order valence-corrected chi connectivity index (χ3v) is 5.62. The third kappa shape index (κ3) is 1.25. The number of hydrogen-bond acceptors (Lipinski definition) is 6.